The van der Waals surface area contributed by atoms with Crippen molar-refractivity contribution < 1.29 is 19.8 Å². The van der Waals surface area contributed by atoms with Gasteiger partial charge in [-0.3, -0.25) is 4.98 Å². The summed E-state index contributed by atoms with van der Waals surface area (Å²) in [4.78, 5) is 24.0. The smallest absolute Gasteiger partial charge is 0.335 e. The molecule has 0 unspecified atom stereocenters. The number of benzene rings is 1. The Morgan fingerprint density at radius 2 is 1.22 bits per heavy atom. The van der Waals surface area contributed by atoms with Crippen LogP contribution in [-0.2, 0) is 0 Å². The molecule has 5 heteroatoms. The second kappa shape index (κ2) is 6.80. The van der Waals surface area contributed by atoms with Gasteiger partial charge in [0.05, 0.1) is 11.1 Å². The first-order valence-electron chi connectivity index (χ1n) is 5.03. The van der Waals surface area contributed by atoms with Crippen LogP contribution in [0.5, 0.6) is 0 Å². The van der Waals surface area contributed by atoms with E-state index in [1.54, 1.807) is 30.3 Å². The summed E-state index contributed by atoms with van der Waals surface area (Å²) in [6.07, 6.45) is 2.90. The summed E-state index contributed by atoms with van der Waals surface area (Å²) in [6, 6.07) is 11.2. The first-order chi connectivity index (χ1) is 8.61. The van der Waals surface area contributed by atoms with Crippen molar-refractivity contribution in [3.8, 4) is 0 Å². The number of aromatic carboxylic acids is 2. The number of rotatable bonds is 2. The number of carbonyl (C=O) groups is 2. The SMILES string of the molecule is O=C(O)c1ccccc1.O=C(O)c1ccncc1. The van der Waals surface area contributed by atoms with Crippen molar-refractivity contribution in [3.05, 3.63) is 66.0 Å². The van der Waals surface area contributed by atoms with Gasteiger partial charge < -0.3 is 10.2 Å². The first kappa shape index (κ1) is 13.4. The molecule has 5 nitrogen and oxygen atoms in total. The predicted molar refractivity (Wildman–Crippen MR) is 64.6 cm³/mol. The maximum absolute atomic E-state index is 10.2. The fourth-order valence-electron chi connectivity index (χ4n) is 1.08. The number of aromatic nitrogens is 1. The monoisotopic (exact) mass is 245 g/mol. The molecular weight excluding hydrogens is 234 g/mol. The fourth-order valence-corrected chi connectivity index (χ4v) is 1.08. The zero-order chi connectivity index (χ0) is 13.4. The lowest BCUT2D eigenvalue weighted by molar-refractivity contribution is 0.0686. The van der Waals surface area contributed by atoms with Crippen molar-refractivity contribution in [2.24, 2.45) is 0 Å². The number of nitrogens with zero attached hydrogens (tertiary/aromatic N) is 1. The van der Waals surface area contributed by atoms with E-state index in [1.807, 2.05) is 0 Å². The average molecular weight is 245 g/mol. The quantitative estimate of drug-likeness (QED) is 0.846. The fraction of sp³-hybridized carbons (Fsp3) is 0. The number of pyridine rings is 1. The second-order valence-corrected chi connectivity index (χ2v) is 3.21. The van der Waals surface area contributed by atoms with Crippen LogP contribution in [0.4, 0.5) is 0 Å². The van der Waals surface area contributed by atoms with Gasteiger partial charge in [0.15, 0.2) is 0 Å². The van der Waals surface area contributed by atoms with Gasteiger partial charge in [0.2, 0.25) is 0 Å². The predicted octanol–water partition coefficient (Wildman–Crippen LogP) is 2.16. The molecule has 2 aromatic rings. The highest BCUT2D eigenvalue weighted by atomic mass is 16.4. The van der Waals surface area contributed by atoms with Crippen LogP contribution in [-0.4, -0.2) is 27.1 Å². The van der Waals surface area contributed by atoms with Gasteiger partial charge in [-0.25, -0.2) is 9.59 Å². The molecule has 0 saturated carbocycles. The second-order valence-electron chi connectivity index (χ2n) is 3.21. The minimum atomic E-state index is -0.919. The maximum Gasteiger partial charge on any atom is 0.335 e. The van der Waals surface area contributed by atoms with Crippen molar-refractivity contribution in [1.82, 2.24) is 4.98 Å². The van der Waals surface area contributed by atoms with Crippen molar-refractivity contribution in [1.29, 1.82) is 0 Å². The zero-order valence-corrected chi connectivity index (χ0v) is 9.35. The standard InChI is InChI=1S/C7H6O2.C6H5NO2/c8-7(9)6-4-2-1-3-5-6;8-6(9)5-1-3-7-4-2-5/h1-5H,(H,8,9);1-4H,(H,8,9). The van der Waals surface area contributed by atoms with E-state index >= 15 is 0 Å². The van der Waals surface area contributed by atoms with E-state index in [2.05, 4.69) is 4.98 Å². The molecule has 0 aliphatic heterocycles. The molecule has 0 saturated heterocycles. The molecule has 0 spiro atoms. The Bertz CT molecular complexity index is 462. The van der Waals surface area contributed by atoms with Crippen LogP contribution in [0.25, 0.3) is 0 Å². The molecule has 2 N–H and O–H groups in total. The van der Waals surface area contributed by atoms with E-state index in [-0.39, 0.29) is 5.56 Å². The van der Waals surface area contributed by atoms with E-state index in [9.17, 15) is 9.59 Å². The van der Waals surface area contributed by atoms with Gasteiger partial charge >= 0.3 is 11.9 Å². The summed E-state index contributed by atoms with van der Waals surface area (Å²) < 4.78 is 0. The third-order valence-electron chi connectivity index (χ3n) is 1.95. The number of hydrogen-bond donors (Lipinski definition) is 2. The maximum atomic E-state index is 10.2. The summed E-state index contributed by atoms with van der Waals surface area (Å²) in [6.45, 7) is 0. The lowest BCUT2D eigenvalue weighted by atomic mass is 10.2. The van der Waals surface area contributed by atoms with Gasteiger partial charge in [0, 0.05) is 12.4 Å². The molecule has 1 heterocycles. The van der Waals surface area contributed by atoms with E-state index in [4.69, 9.17) is 10.2 Å². The highest BCUT2D eigenvalue weighted by Gasteiger charge is 1.97. The van der Waals surface area contributed by atoms with Crippen LogP contribution < -0.4 is 0 Å². The Labute approximate surface area is 103 Å². The van der Waals surface area contributed by atoms with E-state index in [0.29, 0.717) is 5.56 Å². The Morgan fingerprint density at radius 3 is 1.56 bits per heavy atom. The van der Waals surface area contributed by atoms with Crippen LogP contribution in [0.1, 0.15) is 20.7 Å². The molecular formula is C13H11NO4. The molecule has 2 rings (SSSR count). The van der Waals surface area contributed by atoms with Crippen molar-refractivity contribution >= 4 is 11.9 Å². The van der Waals surface area contributed by atoms with Crippen LogP contribution in [0.3, 0.4) is 0 Å². The summed E-state index contributed by atoms with van der Waals surface area (Å²) in [5.41, 5.74) is 0.600. The highest BCUT2D eigenvalue weighted by Crippen LogP contribution is 1.96. The van der Waals surface area contributed by atoms with Crippen LogP contribution in [0.2, 0.25) is 0 Å². The van der Waals surface area contributed by atoms with Gasteiger partial charge in [-0.15, -0.1) is 0 Å². The Morgan fingerprint density at radius 1 is 0.778 bits per heavy atom. The van der Waals surface area contributed by atoms with E-state index in [1.165, 1.54) is 24.5 Å². The van der Waals surface area contributed by atoms with Gasteiger partial charge in [0.25, 0.3) is 0 Å². The first-order valence-corrected chi connectivity index (χ1v) is 5.03. The Hall–Kier alpha value is -2.69. The summed E-state index contributed by atoms with van der Waals surface area (Å²) >= 11 is 0. The number of carboxylic acids is 2. The van der Waals surface area contributed by atoms with Crippen molar-refractivity contribution in [3.63, 3.8) is 0 Å². The molecule has 0 radical (unpaired) electrons. The average Bonchev–Trinajstić information content (AvgIpc) is 2.41. The molecule has 0 fully saturated rings. The van der Waals surface area contributed by atoms with Crippen molar-refractivity contribution in [2.45, 2.75) is 0 Å². The Kier molecular flexibility index (Phi) is 5.05. The minimum absolute atomic E-state index is 0.269. The van der Waals surface area contributed by atoms with Gasteiger partial charge in [0.1, 0.15) is 0 Å². The highest BCUT2D eigenvalue weighted by molar-refractivity contribution is 5.87. The molecule has 1 aromatic carbocycles. The minimum Gasteiger partial charge on any atom is -0.478 e. The molecule has 0 bridgehead atoms. The third kappa shape index (κ3) is 4.44. The van der Waals surface area contributed by atoms with Crippen LogP contribution in [0, 0.1) is 0 Å². The van der Waals surface area contributed by atoms with Crippen LogP contribution >= 0.6 is 0 Å². The summed E-state index contributed by atoms with van der Waals surface area (Å²) in [5.74, 6) is -1.80. The van der Waals surface area contributed by atoms with Gasteiger partial charge in [-0.1, -0.05) is 18.2 Å². The van der Waals surface area contributed by atoms with Gasteiger partial charge in [-0.05, 0) is 24.3 Å². The number of carboxylic acid groups (broad SMARTS) is 2. The van der Waals surface area contributed by atoms with E-state index in [0.717, 1.165) is 0 Å². The lowest BCUT2D eigenvalue weighted by Crippen LogP contribution is -1.94. The van der Waals surface area contributed by atoms with Crippen molar-refractivity contribution in [2.75, 3.05) is 0 Å². The normalized spacial score (nSPS) is 8.89. The third-order valence-corrected chi connectivity index (χ3v) is 1.95. The lowest BCUT2D eigenvalue weighted by Gasteiger charge is -1.88. The van der Waals surface area contributed by atoms with E-state index < -0.39 is 11.9 Å². The molecule has 0 aliphatic carbocycles. The molecule has 18 heavy (non-hydrogen) atoms. The molecule has 0 atom stereocenters. The molecule has 1 aromatic heterocycles. The number of hydrogen-bond acceptors (Lipinski definition) is 3. The van der Waals surface area contributed by atoms with Crippen LogP contribution in [0.15, 0.2) is 54.9 Å². The largest absolute Gasteiger partial charge is 0.478 e. The molecule has 0 aliphatic rings. The topological polar surface area (TPSA) is 87.5 Å². The summed E-state index contributed by atoms with van der Waals surface area (Å²) in [5, 5.41) is 16.7. The van der Waals surface area contributed by atoms with Gasteiger partial charge in [-0.2, -0.15) is 0 Å². The Balaban J connectivity index is 0.000000180. The zero-order valence-electron chi connectivity index (χ0n) is 9.35. The molecule has 0 amide bonds. The molecule has 92 valence electrons. The summed E-state index contributed by atoms with van der Waals surface area (Å²) in [7, 11) is 0.